The predicted octanol–water partition coefficient (Wildman–Crippen LogP) is 5.46. The lowest BCUT2D eigenvalue weighted by Crippen LogP contribution is -2.33. The van der Waals surface area contributed by atoms with Gasteiger partial charge in [0.15, 0.2) is 4.32 Å². The molecular weight excluding hydrogens is 466 g/mol. The molecule has 0 N–H and O–H groups in total. The first-order valence-electron chi connectivity index (χ1n) is 10.6. The van der Waals surface area contributed by atoms with Gasteiger partial charge in [-0.05, 0) is 38.1 Å². The van der Waals surface area contributed by atoms with Gasteiger partial charge in [-0.1, -0.05) is 72.0 Å². The highest BCUT2D eigenvalue weighted by Gasteiger charge is 2.38. The molecule has 5 rings (SSSR count). The average molecular weight is 488 g/mol. The van der Waals surface area contributed by atoms with Crippen LogP contribution in [0.2, 0.25) is 0 Å². The van der Waals surface area contributed by atoms with Crippen LogP contribution in [0.4, 0.5) is 5.69 Å². The zero-order valence-corrected chi connectivity index (χ0v) is 20.4. The van der Waals surface area contributed by atoms with Crippen LogP contribution in [0, 0.1) is 13.8 Å². The van der Waals surface area contributed by atoms with Gasteiger partial charge in [-0.25, -0.2) is 4.68 Å². The molecule has 2 aromatic carbocycles. The Labute approximate surface area is 206 Å². The fourth-order valence-electron chi connectivity index (χ4n) is 3.90. The molecule has 2 aromatic heterocycles. The first-order chi connectivity index (χ1) is 16.3. The number of benzene rings is 2. The number of rotatable bonds is 4. The lowest BCUT2D eigenvalue weighted by molar-refractivity contribution is -0.113. The Bertz CT molecular complexity index is 1510. The number of furan rings is 1. The van der Waals surface area contributed by atoms with Crippen molar-refractivity contribution in [1.29, 1.82) is 0 Å². The van der Waals surface area contributed by atoms with Crippen molar-refractivity contribution in [2.45, 2.75) is 13.8 Å². The van der Waals surface area contributed by atoms with Gasteiger partial charge >= 0.3 is 0 Å². The Morgan fingerprint density at radius 1 is 0.941 bits per heavy atom. The van der Waals surface area contributed by atoms with E-state index in [1.54, 1.807) is 24.7 Å². The largest absolute Gasteiger partial charge is 0.457 e. The zero-order chi connectivity index (χ0) is 24.0. The lowest BCUT2D eigenvalue weighted by atomic mass is 10.1. The van der Waals surface area contributed by atoms with Gasteiger partial charge in [0.2, 0.25) is 0 Å². The highest BCUT2D eigenvalue weighted by atomic mass is 32.2. The summed E-state index contributed by atoms with van der Waals surface area (Å²) in [6, 6.07) is 21.0. The first kappa shape index (κ1) is 22.2. The Kier molecular flexibility index (Phi) is 5.63. The molecule has 0 aliphatic carbocycles. The van der Waals surface area contributed by atoms with Crippen molar-refractivity contribution in [1.82, 2.24) is 9.36 Å². The lowest BCUT2D eigenvalue weighted by Gasteiger charge is -2.12. The number of para-hydroxylation sites is 1. The number of hydrogen-bond acceptors (Lipinski definition) is 5. The molecule has 0 atom stereocenters. The maximum atomic E-state index is 13.4. The van der Waals surface area contributed by atoms with E-state index in [2.05, 4.69) is 0 Å². The molecule has 1 amide bonds. The molecule has 1 saturated heterocycles. The van der Waals surface area contributed by atoms with Crippen LogP contribution in [-0.2, 0) is 11.8 Å². The quantitative estimate of drug-likeness (QED) is 0.283. The molecule has 0 bridgehead atoms. The van der Waals surface area contributed by atoms with E-state index in [4.69, 9.17) is 16.6 Å². The van der Waals surface area contributed by atoms with Crippen molar-refractivity contribution >= 4 is 46.0 Å². The van der Waals surface area contributed by atoms with Gasteiger partial charge in [0, 0.05) is 18.7 Å². The molecule has 34 heavy (non-hydrogen) atoms. The smallest absolute Gasteiger partial charge is 0.296 e. The third kappa shape index (κ3) is 3.74. The van der Waals surface area contributed by atoms with Crippen molar-refractivity contribution in [2.24, 2.45) is 7.05 Å². The van der Waals surface area contributed by atoms with Crippen LogP contribution in [0.5, 0.6) is 0 Å². The van der Waals surface area contributed by atoms with Gasteiger partial charge in [-0.3, -0.25) is 19.2 Å². The number of nitrogens with zero attached hydrogens (tertiary/aromatic N) is 3. The molecule has 1 aliphatic rings. The highest BCUT2D eigenvalue weighted by molar-refractivity contribution is 8.27. The SMILES string of the molecule is Cc1ccc(-c2ccc(/C=C3/SC(=S)N(c4c(C)n(C)n(-c5ccccc5)c4=O)C3=O)o2)cc1. The second kappa shape index (κ2) is 8.62. The summed E-state index contributed by atoms with van der Waals surface area (Å²) in [5.74, 6) is 0.920. The van der Waals surface area contributed by atoms with Crippen molar-refractivity contribution in [3.8, 4) is 17.0 Å². The fraction of sp³-hybridized carbons (Fsp3) is 0.115. The second-order valence-electron chi connectivity index (χ2n) is 8.00. The van der Waals surface area contributed by atoms with Gasteiger partial charge in [0.25, 0.3) is 11.5 Å². The maximum Gasteiger partial charge on any atom is 0.296 e. The molecule has 1 fully saturated rings. The first-order valence-corrected chi connectivity index (χ1v) is 11.9. The summed E-state index contributed by atoms with van der Waals surface area (Å²) in [5, 5.41) is 0. The van der Waals surface area contributed by atoms with Gasteiger partial charge in [0.1, 0.15) is 17.2 Å². The van der Waals surface area contributed by atoms with E-state index in [0.29, 0.717) is 32.1 Å². The van der Waals surface area contributed by atoms with Crippen molar-refractivity contribution in [2.75, 3.05) is 4.90 Å². The van der Waals surface area contributed by atoms with E-state index in [1.807, 2.05) is 73.7 Å². The van der Waals surface area contributed by atoms with Crippen molar-refractivity contribution in [3.05, 3.63) is 99.0 Å². The van der Waals surface area contributed by atoms with E-state index in [9.17, 15) is 9.59 Å². The predicted molar refractivity (Wildman–Crippen MR) is 140 cm³/mol. The van der Waals surface area contributed by atoms with Crippen molar-refractivity contribution < 1.29 is 9.21 Å². The zero-order valence-electron chi connectivity index (χ0n) is 18.8. The Balaban J connectivity index is 1.49. The molecule has 3 heterocycles. The minimum absolute atomic E-state index is 0.261. The molecule has 1 aliphatic heterocycles. The summed E-state index contributed by atoms with van der Waals surface area (Å²) < 4.78 is 9.53. The number of thioether (sulfide) groups is 1. The molecule has 4 aromatic rings. The van der Waals surface area contributed by atoms with Crippen LogP contribution < -0.4 is 10.5 Å². The fourth-order valence-corrected chi connectivity index (χ4v) is 5.16. The number of thiocarbonyl (C=S) groups is 1. The summed E-state index contributed by atoms with van der Waals surface area (Å²) >= 11 is 6.67. The number of amides is 1. The topological polar surface area (TPSA) is 60.4 Å². The van der Waals surface area contributed by atoms with Gasteiger partial charge in [-0.2, -0.15) is 0 Å². The van der Waals surface area contributed by atoms with Crippen molar-refractivity contribution in [3.63, 3.8) is 0 Å². The van der Waals surface area contributed by atoms with E-state index < -0.39 is 0 Å². The highest BCUT2D eigenvalue weighted by Crippen LogP contribution is 2.37. The molecular formula is C26H21N3O3S2. The minimum atomic E-state index is -0.339. The summed E-state index contributed by atoms with van der Waals surface area (Å²) in [6.07, 6.45) is 1.67. The second-order valence-corrected chi connectivity index (χ2v) is 9.67. The number of hydrogen-bond donors (Lipinski definition) is 0. The summed E-state index contributed by atoms with van der Waals surface area (Å²) in [7, 11) is 1.79. The normalized spacial score (nSPS) is 15.0. The van der Waals surface area contributed by atoms with E-state index >= 15 is 0 Å². The van der Waals surface area contributed by atoms with E-state index in [-0.39, 0.29) is 17.2 Å². The molecule has 0 saturated carbocycles. The number of carbonyl (C=O) groups excluding carboxylic acids is 1. The van der Waals surface area contributed by atoms with Crippen LogP contribution >= 0.6 is 24.0 Å². The van der Waals surface area contributed by atoms with Crippen LogP contribution in [0.25, 0.3) is 23.1 Å². The number of aromatic nitrogens is 2. The Hall–Kier alpha value is -3.62. The number of aryl methyl sites for hydroxylation is 1. The summed E-state index contributed by atoms with van der Waals surface area (Å²) in [5.41, 5.74) is 3.44. The van der Waals surface area contributed by atoms with Crippen LogP contribution in [0.1, 0.15) is 17.0 Å². The average Bonchev–Trinajstić information content (AvgIpc) is 3.46. The third-order valence-electron chi connectivity index (χ3n) is 5.78. The van der Waals surface area contributed by atoms with Gasteiger partial charge in [-0.15, -0.1) is 0 Å². The minimum Gasteiger partial charge on any atom is -0.457 e. The van der Waals surface area contributed by atoms with E-state index in [0.717, 1.165) is 17.3 Å². The van der Waals surface area contributed by atoms with Gasteiger partial charge in [0.05, 0.1) is 16.3 Å². The maximum absolute atomic E-state index is 13.4. The van der Waals surface area contributed by atoms with Crippen LogP contribution in [-0.4, -0.2) is 19.6 Å². The number of carbonyl (C=O) groups is 1. The summed E-state index contributed by atoms with van der Waals surface area (Å²) in [6.45, 7) is 3.83. The molecule has 0 spiro atoms. The molecule has 0 unspecified atom stereocenters. The van der Waals surface area contributed by atoms with Crippen LogP contribution in [0.15, 0.2) is 80.8 Å². The monoisotopic (exact) mass is 487 g/mol. The molecule has 6 nitrogen and oxygen atoms in total. The Morgan fingerprint density at radius 3 is 2.35 bits per heavy atom. The molecule has 170 valence electrons. The summed E-state index contributed by atoms with van der Waals surface area (Å²) in [4.78, 5) is 28.5. The standard InChI is InChI=1S/C26H21N3O3S2/c1-16-9-11-18(12-10-16)21-14-13-20(32-21)15-22-24(30)28(26(33)34-22)23-17(2)27(3)29(25(23)31)19-7-5-4-6-8-19/h4-15H,1-3H3/b22-15+. The third-order valence-corrected chi connectivity index (χ3v) is 7.08. The van der Waals surface area contributed by atoms with E-state index in [1.165, 1.54) is 15.1 Å². The van der Waals surface area contributed by atoms with Gasteiger partial charge < -0.3 is 4.42 Å². The van der Waals surface area contributed by atoms with Crippen LogP contribution in [0.3, 0.4) is 0 Å². The number of anilines is 1. The molecule has 8 heteroatoms. The molecule has 0 radical (unpaired) electrons. The Morgan fingerprint density at radius 2 is 1.65 bits per heavy atom.